The molecule has 1 heterocycles. The van der Waals surface area contributed by atoms with E-state index in [0.29, 0.717) is 19.5 Å². The molecule has 0 radical (unpaired) electrons. The van der Waals surface area contributed by atoms with E-state index in [-0.39, 0.29) is 18.0 Å². The molecule has 2 fully saturated rings. The van der Waals surface area contributed by atoms with Gasteiger partial charge in [-0.15, -0.1) is 5.10 Å². The summed E-state index contributed by atoms with van der Waals surface area (Å²) in [6.45, 7) is 1.16. The van der Waals surface area contributed by atoms with E-state index >= 15 is 0 Å². The minimum atomic E-state index is -0.973. The van der Waals surface area contributed by atoms with E-state index in [9.17, 15) is 15.0 Å². The Bertz CT molecular complexity index is 601. The van der Waals surface area contributed by atoms with Crippen molar-refractivity contribution >= 4 is 6.03 Å². The molecule has 3 rings (SSSR count). The number of urea groups is 1. The highest BCUT2D eigenvalue weighted by Gasteiger charge is 2.42. The Morgan fingerprint density at radius 3 is 2.69 bits per heavy atom. The third kappa shape index (κ3) is 4.72. The predicted octanol–water partition coefficient (Wildman–Crippen LogP) is -0.308. The number of aliphatic hydroxyl groups is 2. The molecule has 4 N–H and O–H groups in total. The summed E-state index contributed by atoms with van der Waals surface area (Å²) in [5.74, 6) is -0.185. The molecule has 0 aromatic carbocycles. The van der Waals surface area contributed by atoms with Crippen molar-refractivity contribution in [3.63, 3.8) is 0 Å². The molecule has 4 unspecified atom stereocenters. The van der Waals surface area contributed by atoms with Crippen molar-refractivity contribution < 1.29 is 15.0 Å². The van der Waals surface area contributed by atoms with E-state index in [1.54, 1.807) is 4.68 Å². The van der Waals surface area contributed by atoms with Gasteiger partial charge in [0.1, 0.15) is 6.10 Å². The molecule has 2 aliphatic carbocycles. The first-order chi connectivity index (χ1) is 12.4. The summed E-state index contributed by atoms with van der Waals surface area (Å²) in [6.07, 6.45) is 4.79. The highest BCUT2D eigenvalue weighted by molar-refractivity contribution is 5.74. The lowest BCUT2D eigenvalue weighted by Crippen LogP contribution is -2.49. The molecule has 0 aliphatic heterocycles. The lowest BCUT2D eigenvalue weighted by molar-refractivity contribution is 0.00857. The standard InChI is InChI=1S/C17H30N6O3/c1-22(2)9-13-10-23(21-20-13)8-11-7-14(16(25)15(11)24)19-17(26)18-12-5-3-4-6-12/h10-12,14-16,24-25H,3-9H2,1-2H3,(H2,18,19,26). The fourth-order valence-electron chi connectivity index (χ4n) is 3.98. The molecule has 4 atom stereocenters. The van der Waals surface area contributed by atoms with Gasteiger partial charge in [-0.1, -0.05) is 18.1 Å². The van der Waals surface area contributed by atoms with Crippen molar-refractivity contribution in [2.75, 3.05) is 14.1 Å². The summed E-state index contributed by atoms with van der Waals surface area (Å²) in [6, 6.07) is -0.497. The van der Waals surface area contributed by atoms with Crippen molar-refractivity contribution in [1.29, 1.82) is 0 Å². The van der Waals surface area contributed by atoms with Gasteiger partial charge in [0.25, 0.3) is 0 Å². The van der Waals surface area contributed by atoms with E-state index < -0.39 is 18.2 Å². The van der Waals surface area contributed by atoms with Crippen LogP contribution in [0.4, 0.5) is 4.79 Å². The molecular weight excluding hydrogens is 336 g/mol. The Morgan fingerprint density at radius 1 is 1.27 bits per heavy atom. The summed E-state index contributed by atoms with van der Waals surface area (Å²) < 4.78 is 1.69. The number of carbonyl (C=O) groups excluding carboxylic acids is 1. The largest absolute Gasteiger partial charge is 0.390 e. The van der Waals surface area contributed by atoms with Gasteiger partial charge in [-0.05, 0) is 33.4 Å². The Kier molecular flexibility index (Phi) is 6.10. The summed E-state index contributed by atoms with van der Waals surface area (Å²) >= 11 is 0. The first kappa shape index (κ1) is 19.1. The third-order valence-electron chi connectivity index (χ3n) is 5.29. The van der Waals surface area contributed by atoms with Crippen LogP contribution in [0.2, 0.25) is 0 Å². The maximum absolute atomic E-state index is 12.1. The molecule has 1 aromatic rings. The van der Waals surface area contributed by atoms with Crippen molar-refractivity contribution in [2.24, 2.45) is 5.92 Å². The summed E-state index contributed by atoms with van der Waals surface area (Å²) in [7, 11) is 3.92. The number of hydrogen-bond acceptors (Lipinski definition) is 6. The first-order valence-electron chi connectivity index (χ1n) is 9.39. The fraction of sp³-hybridized carbons (Fsp3) is 0.824. The molecule has 146 valence electrons. The molecule has 9 heteroatoms. The molecule has 1 aromatic heterocycles. The van der Waals surface area contributed by atoms with Crippen LogP contribution in [0, 0.1) is 5.92 Å². The average molecular weight is 366 g/mol. The van der Waals surface area contributed by atoms with Gasteiger partial charge in [0.05, 0.1) is 17.8 Å². The zero-order valence-corrected chi connectivity index (χ0v) is 15.5. The number of aliphatic hydroxyl groups excluding tert-OH is 2. The van der Waals surface area contributed by atoms with E-state index in [0.717, 1.165) is 31.4 Å². The highest BCUT2D eigenvalue weighted by atomic mass is 16.3. The second-order valence-corrected chi connectivity index (χ2v) is 7.85. The molecular formula is C17H30N6O3. The lowest BCUT2D eigenvalue weighted by Gasteiger charge is -2.20. The van der Waals surface area contributed by atoms with Crippen molar-refractivity contribution in [3.05, 3.63) is 11.9 Å². The quantitative estimate of drug-likeness (QED) is 0.549. The highest BCUT2D eigenvalue weighted by Crippen LogP contribution is 2.28. The number of hydrogen-bond donors (Lipinski definition) is 4. The number of nitrogens with one attached hydrogen (secondary N) is 2. The average Bonchev–Trinajstić information content (AvgIpc) is 3.28. The van der Waals surface area contributed by atoms with Crippen molar-refractivity contribution in [2.45, 2.75) is 69.5 Å². The number of aromatic nitrogens is 3. The topological polar surface area (TPSA) is 116 Å². The maximum atomic E-state index is 12.1. The van der Waals surface area contributed by atoms with Crippen molar-refractivity contribution in [1.82, 2.24) is 30.5 Å². The first-order valence-corrected chi connectivity index (χ1v) is 9.39. The Morgan fingerprint density at radius 2 is 2.00 bits per heavy atom. The maximum Gasteiger partial charge on any atom is 0.315 e. The van der Waals surface area contributed by atoms with Gasteiger partial charge in [0, 0.05) is 31.2 Å². The molecule has 2 saturated carbocycles. The number of amides is 2. The van der Waals surface area contributed by atoms with Crippen LogP contribution in [0.25, 0.3) is 0 Å². The zero-order valence-electron chi connectivity index (χ0n) is 15.5. The van der Waals surface area contributed by atoms with E-state index in [4.69, 9.17) is 0 Å². The third-order valence-corrected chi connectivity index (χ3v) is 5.29. The minimum Gasteiger partial charge on any atom is -0.390 e. The predicted molar refractivity (Wildman–Crippen MR) is 95.2 cm³/mol. The Hall–Kier alpha value is -1.71. The van der Waals surface area contributed by atoms with Gasteiger partial charge in [-0.25, -0.2) is 4.79 Å². The van der Waals surface area contributed by atoms with E-state index in [2.05, 4.69) is 20.9 Å². The van der Waals surface area contributed by atoms with Gasteiger partial charge >= 0.3 is 6.03 Å². The van der Waals surface area contributed by atoms with Crippen LogP contribution in [-0.2, 0) is 13.1 Å². The molecule has 26 heavy (non-hydrogen) atoms. The number of rotatable bonds is 6. The second-order valence-electron chi connectivity index (χ2n) is 7.85. The van der Waals surface area contributed by atoms with Crippen LogP contribution in [0.5, 0.6) is 0 Å². The van der Waals surface area contributed by atoms with E-state index in [1.807, 2.05) is 25.2 Å². The molecule has 2 aliphatic rings. The number of carbonyl (C=O) groups is 1. The second kappa shape index (κ2) is 8.32. The molecule has 0 bridgehead atoms. The number of nitrogens with zero attached hydrogens (tertiary/aromatic N) is 4. The van der Waals surface area contributed by atoms with Gasteiger partial charge in [-0.2, -0.15) is 0 Å². The molecule has 2 amide bonds. The summed E-state index contributed by atoms with van der Waals surface area (Å²) in [4.78, 5) is 14.1. The Balaban J connectivity index is 1.51. The van der Waals surface area contributed by atoms with Gasteiger partial charge in [0.15, 0.2) is 0 Å². The van der Waals surface area contributed by atoms with Gasteiger partial charge < -0.3 is 25.7 Å². The smallest absolute Gasteiger partial charge is 0.315 e. The normalized spacial score (nSPS) is 29.4. The minimum absolute atomic E-state index is 0.185. The van der Waals surface area contributed by atoms with Gasteiger partial charge in [-0.3, -0.25) is 4.68 Å². The van der Waals surface area contributed by atoms with Crippen LogP contribution in [0.3, 0.4) is 0 Å². The van der Waals surface area contributed by atoms with Gasteiger partial charge in [0.2, 0.25) is 0 Å². The van der Waals surface area contributed by atoms with Crippen LogP contribution in [0.1, 0.15) is 37.8 Å². The van der Waals surface area contributed by atoms with Crippen LogP contribution >= 0.6 is 0 Å². The summed E-state index contributed by atoms with van der Waals surface area (Å²) in [5, 5.41) is 34.6. The van der Waals surface area contributed by atoms with Crippen LogP contribution in [-0.4, -0.2) is 74.5 Å². The SMILES string of the molecule is CN(C)Cc1cn(CC2CC(NC(=O)NC3CCCC3)C(O)C2O)nn1. The zero-order chi connectivity index (χ0) is 18.7. The Labute approximate surface area is 153 Å². The molecule has 0 saturated heterocycles. The molecule has 0 spiro atoms. The van der Waals surface area contributed by atoms with Crippen LogP contribution in [0.15, 0.2) is 6.20 Å². The van der Waals surface area contributed by atoms with E-state index in [1.165, 1.54) is 0 Å². The van der Waals surface area contributed by atoms with Crippen LogP contribution < -0.4 is 10.6 Å². The fourth-order valence-corrected chi connectivity index (χ4v) is 3.98. The van der Waals surface area contributed by atoms with Crippen molar-refractivity contribution in [3.8, 4) is 0 Å². The lowest BCUT2D eigenvalue weighted by atomic mass is 10.1. The monoisotopic (exact) mass is 366 g/mol. The summed E-state index contributed by atoms with van der Waals surface area (Å²) in [5.41, 5.74) is 0.855. The molecule has 9 nitrogen and oxygen atoms in total.